The average Bonchev–Trinajstić information content (AvgIpc) is 3.83. The maximum Gasteiger partial charge on any atom is 0.173 e. The fourth-order valence-electron chi connectivity index (χ4n) is 8.05. The van der Waals surface area contributed by atoms with Gasteiger partial charge in [-0.15, -0.1) is 11.3 Å². The molecule has 0 amide bonds. The molecule has 0 fully saturated rings. The minimum atomic E-state index is -0.642. The summed E-state index contributed by atoms with van der Waals surface area (Å²) in [7, 11) is 13.5. The van der Waals surface area contributed by atoms with Crippen LogP contribution in [0.1, 0.15) is 34.0 Å². The number of amidine groups is 2. The first kappa shape index (κ1) is 33.8. The van der Waals surface area contributed by atoms with E-state index >= 15 is 0 Å². The lowest BCUT2D eigenvalue weighted by atomic mass is 9.73. The first-order valence-corrected chi connectivity index (χ1v) is 18.9. The number of phenolic OH excluding ortho intramolecular Hbond substituents is 4. The quantitative estimate of drug-likeness (QED) is 0.0700. The molecule has 2 heterocycles. The molecule has 1 aromatic heterocycles. The van der Waals surface area contributed by atoms with Gasteiger partial charge in [0, 0.05) is 48.8 Å². The lowest BCUT2D eigenvalue weighted by Crippen LogP contribution is -2.33. The predicted octanol–water partition coefficient (Wildman–Crippen LogP) is 7.87. The van der Waals surface area contributed by atoms with E-state index in [0.717, 1.165) is 32.3 Å². The van der Waals surface area contributed by atoms with E-state index in [1.165, 1.54) is 10.1 Å². The van der Waals surface area contributed by atoms with E-state index in [4.69, 9.17) is 25.7 Å². The molecule has 0 bridgehead atoms. The van der Waals surface area contributed by atoms with Crippen molar-refractivity contribution in [3.8, 4) is 56.4 Å². The predicted molar refractivity (Wildman–Crippen MR) is 228 cm³/mol. The Hall–Kier alpha value is -6.77. The summed E-state index contributed by atoms with van der Waals surface area (Å²) in [4.78, 5) is 9.73. The van der Waals surface area contributed by atoms with E-state index in [1.807, 2.05) is 103 Å². The number of nitrogens with zero attached hydrogens (tertiary/aromatic N) is 2. The van der Waals surface area contributed by atoms with Gasteiger partial charge in [-0.2, -0.15) is 0 Å². The van der Waals surface area contributed by atoms with E-state index < -0.39 is 17.7 Å². The Morgan fingerprint density at radius 2 is 1.20 bits per heavy atom. The number of aliphatic imine (C=N–C) groups is 2. The van der Waals surface area contributed by atoms with Crippen LogP contribution in [0.2, 0.25) is 0 Å². The third kappa shape index (κ3) is 5.21. The van der Waals surface area contributed by atoms with Crippen molar-refractivity contribution in [2.75, 3.05) is 0 Å². The van der Waals surface area contributed by atoms with Gasteiger partial charge in [0.1, 0.15) is 44.8 Å². The number of hydrogen-bond donors (Lipinski definition) is 5. The van der Waals surface area contributed by atoms with Crippen molar-refractivity contribution in [3.05, 3.63) is 155 Å². The highest BCUT2D eigenvalue weighted by atomic mass is 32.1. The van der Waals surface area contributed by atoms with E-state index in [2.05, 4.69) is 29.6 Å². The molecular weight excluding hydrogens is 712 g/mol. The van der Waals surface area contributed by atoms with Gasteiger partial charge in [0.2, 0.25) is 0 Å². The normalized spacial score (nSPS) is 14.6. The summed E-state index contributed by atoms with van der Waals surface area (Å²) >= 11 is 1.69. The number of fused-ring (bicyclic) bond motifs is 6. The highest BCUT2D eigenvalue weighted by Gasteiger charge is 2.37. The van der Waals surface area contributed by atoms with Crippen molar-refractivity contribution in [1.29, 1.82) is 0 Å². The Morgan fingerprint density at radius 1 is 0.536 bits per heavy atom. The molecule has 10 rings (SSSR count). The Bertz CT molecular complexity index is 3000. The van der Waals surface area contributed by atoms with E-state index in [9.17, 15) is 20.4 Å². The molecule has 0 spiro atoms. The van der Waals surface area contributed by atoms with Crippen molar-refractivity contribution in [3.63, 3.8) is 0 Å². The molecule has 7 nitrogen and oxygen atoms in total. The molecule has 0 saturated heterocycles. The van der Waals surface area contributed by atoms with Crippen LogP contribution < -0.4 is 16.2 Å². The van der Waals surface area contributed by atoms with Crippen LogP contribution in [-0.2, 0) is 6.42 Å². The van der Waals surface area contributed by atoms with E-state index in [-0.39, 0.29) is 56.9 Å². The molecule has 0 saturated carbocycles. The zero-order chi connectivity index (χ0) is 38.2. The molecule has 1 aliphatic carbocycles. The van der Waals surface area contributed by atoms with Crippen LogP contribution in [0.5, 0.6) is 23.0 Å². The maximum atomic E-state index is 12.1. The van der Waals surface area contributed by atoms with E-state index in [0.29, 0.717) is 22.5 Å². The van der Waals surface area contributed by atoms with Gasteiger partial charge in [-0.25, -0.2) is 9.98 Å². The van der Waals surface area contributed by atoms with Crippen LogP contribution in [0.25, 0.3) is 53.6 Å². The fourth-order valence-corrected chi connectivity index (χ4v) is 9.20. The van der Waals surface area contributed by atoms with Crippen molar-refractivity contribution in [1.82, 2.24) is 5.32 Å². The summed E-state index contributed by atoms with van der Waals surface area (Å²) in [5.74, 6) is -1.35. The second-order valence-electron chi connectivity index (χ2n) is 14.0. The molecular formula is C46H29B2N3O4S. The van der Waals surface area contributed by atoms with Crippen LogP contribution in [0.15, 0.2) is 137 Å². The zero-order valence-electron chi connectivity index (χ0n) is 29.7. The highest BCUT2D eigenvalue weighted by molar-refractivity contribution is 7.25. The summed E-state index contributed by atoms with van der Waals surface area (Å²) in [6.45, 7) is 0. The maximum absolute atomic E-state index is 12.1. The summed E-state index contributed by atoms with van der Waals surface area (Å²) in [6, 6.07) is 41.5. The highest BCUT2D eigenvalue weighted by Crippen LogP contribution is 2.55. The fraction of sp³-hybridized carbons (Fsp3) is 0.0435. The van der Waals surface area contributed by atoms with Crippen molar-refractivity contribution < 1.29 is 20.4 Å². The van der Waals surface area contributed by atoms with Gasteiger partial charge in [0.25, 0.3) is 0 Å². The molecule has 7 aromatic carbocycles. The second kappa shape index (κ2) is 12.9. The Labute approximate surface area is 328 Å². The largest absolute Gasteiger partial charge is 0.508 e. The number of nitrogens with one attached hydrogen (secondary N) is 1. The molecule has 4 radical (unpaired) electrons. The third-order valence-electron chi connectivity index (χ3n) is 10.8. The smallest absolute Gasteiger partial charge is 0.173 e. The molecule has 5 N–H and O–H groups in total. The number of aromatic hydroxyl groups is 4. The number of hydrogen-bond acceptors (Lipinski definition) is 8. The van der Waals surface area contributed by atoms with Gasteiger partial charge < -0.3 is 25.7 Å². The van der Waals surface area contributed by atoms with Gasteiger partial charge in [0.05, 0.1) is 0 Å². The molecule has 2 aliphatic rings. The summed E-state index contributed by atoms with van der Waals surface area (Å²) in [5, 5.41) is 53.0. The molecule has 10 heteroatoms. The summed E-state index contributed by atoms with van der Waals surface area (Å²) in [6.07, 6.45) is -0.605. The van der Waals surface area contributed by atoms with Crippen LogP contribution in [-0.4, -0.2) is 47.8 Å². The Morgan fingerprint density at radius 3 is 2.00 bits per heavy atom. The Kier molecular flexibility index (Phi) is 7.80. The summed E-state index contributed by atoms with van der Waals surface area (Å²) < 4.78 is 2.25. The molecule has 264 valence electrons. The molecule has 1 unspecified atom stereocenters. The summed E-state index contributed by atoms with van der Waals surface area (Å²) in [5.41, 5.74) is 5.77. The number of rotatable bonds is 5. The zero-order valence-corrected chi connectivity index (χ0v) is 30.5. The van der Waals surface area contributed by atoms with Crippen LogP contribution in [0.4, 0.5) is 0 Å². The first-order valence-electron chi connectivity index (χ1n) is 18.1. The third-order valence-corrected chi connectivity index (χ3v) is 11.9. The standard InChI is InChI=1S/C46H29B2N3O4S/c47-38-30-22-31-36(35(30)41(53)39(48)34(38)26-15-9-14-25(20-26)23-10-3-1-4-11-23)42(54)43(55)37(40(31)52)46-50-44(24-12-5-2-6-13-24)49-45(51-46)27-18-19-29-28-16-7-8-17-32(28)56-33(29)21-27/h1-21,44,52-55H,22H2,(H,49,50,51). The van der Waals surface area contributed by atoms with Gasteiger partial charge in [-0.3, -0.25) is 0 Å². The van der Waals surface area contributed by atoms with Crippen LogP contribution in [0.3, 0.4) is 0 Å². The van der Waals surface area contributed by atoms with E-state index in [1.54, 1.807) is 11.3 Å². The first-order chi connectivity index (χ1) is 27.3. The average molecular weight is 741 g/mol. The van der Waals surface area contributed by atoms with Gasteiger partial charge in [0.15, 0.2) is 17.3 Å². The minimum absolute atomic E-state index is 0.0139. The second-order valence-corrected chi connectivity index (χ2v) is 15.1. The molecule has 1 aliphatic heterocycles. The minimum Gasteiger partial charge on any atom is -0.508 e. The molecule has 1 atom stereocenters. The number of phenols is 4. The molecule has 56 heavy (non-hydrogen) atoms. The number of thiophene rings is 1. The van der Waals surface area contributed by atoms with Crippen molar-refractivity contribution in [2.24, 2.45) is 9.98 Å². The van der Waals surface area contributed by atoms with Crippen molar-refractivity contribution in [2.45, 2.75) is 12.6 Å². The van der Waals surface area contributed by atoms with Crippen LogP contribution in [0, 0.1) is 0 Å². The SMILES string of the molecule is [B]c1c(O)c2c(c([B])c1-c1cccc(-c3ccccc3)c1)Cc1c(O)c(C3=NC(c4ccccc4)NC(c4ccc5c(c4)sc4ccccc45)=N3)c(O)c(O)c1-2. The van der Waals surface area contributed by atoms with Crippen molar-refractivity contribution >= 4 is 69.8 Å². The monoisotopic (exact) mass is 741 g/mol. The van der Waals surface area contributed by atoms with Crippen LogP contribution >= 0.6 is 11.3 Å². The van der Waals surface area contributed by atoms with Gasteiger partial charge in [-0.05, 0) is 57.0 Å². The Balaban J connectivity index is 1.11. The van der Waals surface area contributed by atoms with Gasteiger partial charge in [-0.1, -0.05) is 115 Å². The lowest BCUT2D eigenvalue weighted by Gasteiger charge is -2.25. The topological polar surface area (TPSA) is 118 Å². The van der Waals surface area contributed by atoms with Gasteiger partial charge >= 0.3 is 0 Å². The number of benzene rings is 7. The molecule has 8 aromatic rings. The lowest BCUT2D eigenvalue weighted by molar-refractivity contribution is 0.395.